The number of halogens is 2. The average Bonchev–Trinajstić information content (AvgIpc) is 3.14. The highest BCUT2D eigenvalue weighted by molar-refractivity contribution is 6.42. The first-order valence-corrected chi connectivity index (χ1v) is 10.6. The Balaban J connectivity index is 1.66. The Morgan fingerprint density at radius 1 is 1.19 bits per heavy atom. The van der Waals surface area contributed by atoms with Crippen molar-refractivity contribution in [3.8, 4) is 11.3 Å². The molecule has 2 N–H and O–H groups in total. The number of primary amides is 1. The van der Waals surface area contributed by atoms with Crippen molar-refractivity contribution in [2.75, 3.05) is 0 Å². The van der Waals surface area contributed by atoms with E-state index in [0.29, 0.717) is 39.2 Å². The molecule has 1 aliphatic heterocycles. The third kappa shape index (κ3) is 4.07. The third-order valence-electron chi connectivity index (χ3n) is 5.53. The summed E-state index contributed by atoms with van der Waals surface area (Å²) in [5.41, 5.74) is 8.97. The van der Waals surface area contributed by atoms with E-state index in [9.17, 15) is 9.59 Å². The maximum atomic E-state index is 13.1. The van der Waals surface area contributed by atoms with E-state index in [0.717, 1.165) is 5.56 Å². The topological polar surface area (TPSA) is 85.6 Å². The summed E-state index contributed by atoms with van der Waals surface area (Å²) in [5.74, 6) is -0.698. The number of hydrogen-bond acceptors (Lipinski definition) is 3. The van der Waals surface area contributed by atoms with Crippen LogP contribution in [0.1, 0.15) is 28.5 Å². The Bertz CT molecular complexity index is 1260. The maximum Gasteiger partial charge on any atom is 0.252 e. The zero-order valence-electron chi connectivity index (χ0n) is 17.2. The number of nitrogens with zero attached hydrogens (tertiary/aromatic N) is 4. The maximum absolute atomic E-state index is 13.1. The number of nitrogens with two attached hydrogens (primary N) is 1. The standard InChI is InChI=1S/C23H19Cl2N5O2/c1-13-11-30-19(12-29(13)20(31)9-14-3-6-16(27-2)7-4-14)21(23(26)32)22(28-30)15-5-8-17(24)18(25)10-15/h3-8,10,13H,9,11-12H2,1H3,(H2,26,32). The highest BCUT2D eigenvalue weighted by Crippen LogP contribution is 2.33. The van der Waals surface area contributed by atoms with Crippen LogP contribution in [0.5, 0.6) is 0 Å². The van der Waals surface area contributed by atoms with Gasteiger partial charge < -0.3 is 10.6 Å². The number of carbonyl (C=O) groups is 2. The summed E-state index contributed by atoms with van der Waals surface area (Å²) in [6.45, 7) is 9.63. The third-order valence-corrected chi connectivity index (χ3v) is 6.27. The predicted octanol–water partition coefficient (Wildman–Crippen LogP) is 4.48. The van der Waals surface area contributed by atoms with Crippen molar-refractivity contribution in [2.24, 2.45) is 5.73 Å². The lowest BCUT2D eigenvalue weighted by Gasteiger charge is -2.34. The first-order chi connectivity index (χ1) is 15.3. The normalized spacial score (nSPS) is 15.2. The average molecular weight is 468 g/mol. The van der Waals surface area contributed by atoms with E-state index < -0.39 is 5.91 Å². The molecular formula is C23H19Cl2N5O2. The van der Waals surface area contributed by atoms with E-state index in [-0.39, 0.29) is 30.5 Å². The summed E-state index contributed by atoms with van der Waals surface area (Å²) in [6, 6.07) is 11.8. The minimum Gasteiger partial charge on any atom is -0.365 e. The van der Waals surface area contributed by atoms with Crippen molar-refractivity contribution >= 4 is 40.7 Å². The van der Waals surface area contributed by atoms with Gasteiger partial charge in [0, 0.05) is 11.6 Å². The molecule has 0 aliphatic carbocycles. The van der Waals surface area contributed by atoms with Gasteiger partial charge in [-0.3, -0.25) is 14.3 Å². The van der Waals surface area contributed by atoms with E-state index in [2.05, 4.69) is 9.94 Å². The van der Waals surface area contributed by atoms with Crippen LogP contribution in [0.4, 0.5) is 5.69 Å². The molecule has 1 atom stereocenters. The van der Waals surface area contributed by atoms with E-state index in [1.54, 1.807) is 52.0 Å². The monoisotopic (exact) mass is 467 g/mol. The molecule has 162 valence electrons. The van der Waals surface area contributed by atoms with E-state index in [1.807, 2.05) is 6.92 Å². The highest BCUT2D eigenvalue weighted by atomic mass is 35.5. The van der Waals surface area contributed by atoms with Crippen molar-refractivity contribution in [1.82, 2.24) is 14.7 Å². The summed E-state index contributed by atoms with van der Waals surface area (Å²) in [4.78, 5) is 30.5. The van der Waals surface area contributed by atoms with Crippen molar-refractivity contribution in [2.45, 2.75) is 32.5 Å². The largest absolute Gasteiger partial charge is 0.365 e. The van der Waals surface area contributed by atoms with Crippen molar-refractivity contribution in [1.29, 1.82) is 0 Å². The molecule has 0 radical (unpaired) electrons. The molecule has 0 spiro atoms. The summed E-state index contributed by atoms with van der Waals surface area (Å²) in [7, 11) is 0. The molecule has 0 saturated carbocycles. The van der Waals surface area contributed by atoms with Crippen LogP contribution >= 0.6 is 23.2 Å². The molecule has 2 amide bonds. The predicted molar refractivity (Wildman–Crippen MR) is 123 cm³/mol. The van der Waals surface area contributed by atoms with Gasteiger partial charge in [-0.25, -0.2) is 4.85 Å². The first-order valence-electron chi connectivity index (χ1n) is 9.89. The van der Waals surface area contributed by atoms with Gasteiger partial charge in [-0.15, -0.1) is 0 Å². The lowest BCUT2D eigenvalue weighted by atomic mass is 10.0. The molecule has 9 heteroatoms. The summed E-state index contributed by atoms with van der Waals surface area (Å²) < 4.78 is 1.73. The fourth-order valence-corrected chi connectivity index (χ4v) is 4.18. The van der Waals surface area contributed by atoms with E-state index in [1.165, 1.54) is 0 Å². The van der Waals surface area contributed by atoms with Gasteiger partial charge in [0.2, 0.25) is 5.91 Å². The van der Waals surface area contributed by atoms with Crippen molar-refractivity contribution < 1.29 is 9.59 Å². The van der Waals surface area contributed by atoms with Crippen LogP contribution in [0.3, 0.4) is 0 Å². The molecule has 2 heterocycles. The van der Waals surface area contributed by atoms with Gasteiger partial charge in [0.1, 0.15) is 5.69 Å². The molecule has 1 unspecified atom stereocenters. The Kier molecular flexibility index (Phi) is 5.92. The Hall–Kier alpha value is -3.34. The fourth-order valence-electron chi connectivity index (χ4n) is 3.88. The molecule has 1 aliphatic rings. The summed E-state index contributed by atoms with van der Waals surface area (Å²) >= 11 is 12.2. The van der Waals surface area contributed by atoms with Gasteiger partial charge in [0.05, 0.1) is 47.4 Å². The number of amides is 2. The second kappa shape index (κ2) is 8.65. The summed E-state index contributed by atoms with van der Waals surface area (Å²) in [5, 5.41) is 5.35. The smallest absolute Gasteiger partial charge is 0.252 e. The minimum absolute atomic E-state index is 0.0768. The Morgan fingerprint density at radius 2 is 1.91 bits per heavy atom. The van der Waals surface area contributed by atoms with Crippen LogP contribution in [0.25, 0.3) is 16.1 Å². The molecule has 32 heavy (non-hydrogen) atoms. The first kappa shape index (κ1) is 21.9. The van der Waals surface area contributed by atoms with Crippen LogP contribution < -0.4 is 5.73 Å². The van der Waals surface area contributed by atoms with Crippen LogP contribution in [0.2, 0.25) is 10.0 Å². The lowest BCUT2D eigenvalue weighted by molar-refractivity contribution is -0.134. The Morgan fingerprint density at radius 3 is 2.53 bits per heavy atom. The molecule has 0 bridgehead atoms. The van der Waals surface area contributed by atoms with Crippen molar-refractivity contribution in [3.05, 3.63) is 80.7 Å². The van der Waals surface area contributed by atoms with Crippen LogP contribution in [0.15, 0.2) is 42.5 Å². The van der Waals surface area contributed by atoms with E-state index in [4.69, 9.17) is 35.5 Å². The van der Waals surface area contributed by atoms with Crippen LogP contribution in [-0.2, 0) is 24.3 Å². The molecule has 4 rings (SSSR count). The number of aromatic nitrogens is 2. The zero-order chi connectivity index (χ0) is 23.0. The zero-order valence-corrected chi connectivity index (χ0v) is 18.7. The van der Waals surface area contributed by atoms with Crippen molar-refractivity contribution in [3.63, 3.8) is 0 Å². The van der Waals surface area contributed by atoms with Gasteiger partial charge >= 0.3 is 0 Å². The fraction of sp³-hybridized carbons (Fsp3) is 0.217. The number of carbonyl (C=O) groups excluding carboxylic acids is 2. The molecule has 2 aromatic carbocycles. The van der Waals surface area contributed by atoms with Gasteiger partial charge in [-0.1, -0.05) is 53.5 Å². The molecular weight excluding hydrogens is 449 g/mol. The van der Waals surface area contributed by atoms with Crippen LogP contribution in [0, 0.1) is 6.57 Å². The van der Waals surface area contributed by atoms with Gasteiger partial charge in [0.15, 0.2) is 5.69 Å². The highest BCUT2D eigenvalue weighted by Gasteiger charge is 2.33. The Labute approximate surface area is 195 Å². The minimum atomic E-state index is -0.621. The van der Waals surface area contributed by atoms with E-state index >= 15 is 0 Å². The molecule has 3 aromatic rings. The van der Waals surface area contributed by atoms with Gasteiger partial charge in [-0.05, 0) is 24.6 Å². The molecule has 0 fully saturated rings. The quantitative estimate of drug-likeness (QED) is 0.573. The lowest BCUT2D eigenvalue weighted by Crippen LogP contribution is -2.46. The molecule has 1 aromatic heterocycles. The number of fused-ring (bicyclic) bond motifs is 1. The van der Waals surface area contributed by atoms with Crippen LogP contribution in [-0.4, -0.2) is 32.5 Å². The van der Waals surface area contributed by atoms with Gasteiger partial charge in [0.25, 0.3) is 5.91 Å². The molecule has 0 saturated heterocycles. The second-order valence-corrected chi connectivity index (χ2v) is 8.49. The van der Waals surface area contributed by atoms with Gasteiger partial charge in [-0.2, -0.15) is 5.10 Å². The number of benzene rings is 2. The number of hydrogen-bond donors (Lipinski definition) is 1. The SMILES string of the molecule is [C-]#[N+]c1ccc(CC(=O)N2Cc3c(C(N)=O)c(-c4ccc(Cl)c(Cl)c4)nn3CC2C)cc1. The summed E-state index contributed by atoms with van der Waals surface area (Å²) in [6.07, 6.45) is 0.197. The number of rotatable bonds is 4. The second-order valence-electron chi connectivity index (χ2n) is 7.67. The molecule has 7 nitrogen and oxygen atoms in total.